The summed E-state index contributed by atoms with van der Waals surface area (Å²) < 4.78 is 32.5. The number of nitrogens with one attached hydrogen (secondary N) is 2. The molecule has 1 saturated heterocycles. The lowest BCUT2D eigenvalue weighted by Gasteiger charge is -2.27. The third-order valence-electron chi connectivity index (χ3n) is 6.26. The third-order valence-corrected chi connectivity index (χ3v) is 7.41. The van der Waals surface area contributed by atoms with Crippen molar-refractivity contribution >= 4 is 50.3 Å². The minimum absolute atomic E-state index is 0.276. The Morgan fingerprint density at radius 1 is 1.05 bits per heavy atom. The Morgan fingerprint density at radius 3 is 2.57 bits per heavy atom. The minimum Gasteiger partial charge on any atom is -0.459 e. The van der Waals surface area contributed by atoms with Crippen LogP contribution in [-0.4, -0.2) is 24.8 Å². The van der Waals surface area contributed by atoms with E-state index in [0.717, 1.165) is 34.3 Å². The van der Waals surface area contributed by atoms with Gasteiger partial charge < -0.3 is 14.6 Å². The number of rotatable bonds is 6. The summed E-state index contributed by atoms with van der Waals surface area (Å²) in [6.45, 7) is 3.86. The second-order valence-corrected chi connectivity index (χ2v) is 11.6. The summed E-state index contributed by atoms with van der Waals surface area (Å²) in [6, 6.07) is 20.2. The molecule has 2 atom stereocenters. The largest absolute Gasteiger partial charge is 0.459 e. The summed E-state index contributed by atoms with van der Waals surface area (Å²) in [5.74, 6) is 1.41. The summed E-state index contributed by atoms with van der Waals surface area (Å²) >= 11 is 12.1. The standard InChI is InChI=1S/C27H25ClN4O3S2/c1-16-7-8-18(28)15-20(16)23-11-12-24(35-23)26-25(22-6-4-5-13-29-22)30-27(36)32(26)19-9-10-21(17(2)14-19)31-37(3,33)34/h4-15,25-26,31H,1-3H3,(H,30,36)/t25-,26-/m0/s1. The van der Waals surface area contributed by atoms with E-state index in [4.69, 9.17) is 28.2 Å². The van der Waals surface area contributed by atoms with E-state index in [1.165, 1.54) is 0 Å². The van der Waals surface area contributed by atoms with Crippen LogP contribution in [0.3, 0.4) is 0 Å². The van der Waals surface area contributed by atoms with Gasteiger partial charge in [0.25, 0.3) is 0 Å². The first kappa shape index (κ1) is 25.3. The first-order chi connectivity index (χ1) is 17.6. The summed E-state index contributed by atoms with van der Waals surface area (Å²) in [7, 11) is -3.41. The van der Waals surface area contributed by atoms with Crippen LogP contribution in [0.25, 0.3) is 11.3 Å². The highest BCUT2D eigenvalue weighted by Crippen LogP contribution is 2.43. The van der Waals surface area contributed by atoms with Crippen molar-refractivity contribution in [3.8, 4) is 11.3 Å². The van der Waals surface area contributed by atoms with Gasteiger partial charge in [0.05, 0.1) is 23.7 Å². The van der Waals surface area contributed by atoms with Crippen LogP contribution in [0.1, 0.15) is 34.7 Å². The molecule has 190 valence electrons. The number of hydrogen-bond acceptors (Lipinski definition) is 5. The van der Waals surface area contributed by atoms with E-state index in [1.807, 2.05) is 79.4 Å². The van der Waals surface area contributed by atoms with Gasteiger partial charge in [-0.2, -0.15) is 0 Å². The topological polar surface area (TPSA) is 87.5 Å². The molecular formula is C27H25ClN4O3S2. The number of halogens is 1. The first-order valence-electron chi connectivity index (χ1n) is 11.6. The number of furan rings is 1. The Hall–Kier alpha value is -3.40. The number of thiocarbonyl (C=S) groups is 1. The number of nitrogens with zero attached hydrogens (tertiary/aromatic N) is 2. The van der Waals surface area contributed by atoms with E-state index in [0.29, 0.717) is 27.3 Å². The number of anilines is 2. The highest BCUT2D eigenvalue weighted by molar-refractivity contribution is 7.92. The average molecular weight is 553 g/mol. The number of aryl methyl sites for hydroxylation is 2. The highest BCUT2D eigenvalue weighted by atomic mass is 35.5. The number of sulfonamides is 1. The van der Waals surface area contributed by atoms with Gasteiger partial charge in [-0.05, 0) is 91.8 Å². The van der Waals surface area contributed by atoms with Crippen LogP contribution in [0, 0.1) is 13.8 Å². The predicted molar refractivity (Wildman–Crippen MR) is 151 cm³/mol. The molecule has 1 aliphatic heterocycles. The van der Waals surface area contributed by atoms with E-state index >= 15 is 0 Å². The lowest BCUT2D eigenvalue weighted by molar-refractivity contribution is 0.439. The molecule has 0 amide bonds. The molecule has 0 unspecified atom stereocenters. The Morgan fingerprint density at radius 2 is 1.86 bits per heavy atom. The van der Waals surface area contributed by atoms with Crippen molar-refractivity contribution in [2.45, 2.75) is 25.9 Å². The molecule has 4 aromatic rings. The predicted octanol–water partition coefficient (Wildman–Crippen LogP) is 6.16. The van der Waals surface area contributed by atoms with Crippen LogP contribution in [0.4, 0.5) is 11.4 Å². The molecule has 0 radical (unpaired) electrons. The summed E-state index contributed by atoms with van der Waals surface area (Å²) in [6.07, 6.45) is 2.88. The monoisotopic (exact) mass is 552 g/mol. The zero-order valence-corrected chi connectivity index (χ0v) is 22.8. The maximum atomic E-state index is 11.8. The second-order valence-electron chi connectivity index (χ2n) is 9.03. The zero-order valence-electron chi connectivity index (χ0n) is 20.4. The van der Waals surface area contributed by atoms with Crippen molar-refractivity contribution in [3.05, 3.63) is 101 Å². The van der Waals surface area contributed by atoms with E-state index in [-0.39, 0.29) is 12.1 Å². The molecule has 10 heteroatoms. The van der Waals surface area contributed by atoms with E-state index in [9.17, 15) is 8.42 Å². The highest BCUT2D eigenvalue weighted by Gasteiger charge is 2.42. The van der Waals surface area contributed by atoms with Gasteiger partial charge in [-0.3, -0.25) is 9.71 Å². The molecule has 7 nitrogen and oxygen atoms in total. The molecule has 0 bridgehead atoms. The Bertz CT molecular complexity index is 1590. The molecule has 1 fully saturated rings. The quantitative estimate of drug-likeness (QED) is 0.277. The molecule has 1 aliphatic rings. The average Bonchev–Trinajstić information content (AvgIpc) is 3.46. The summed E-state index contributed by atoms with van der Waals surface area (Å²) in [5.41, 5.74) is 4.86. The second kappa shape index (κ2) is 9.81. The van der Waals surface area contributed by atoms with Crippen molar-refractivity contribution < 1.29 is 12.8 Å². The van der Waals surface area contributed by atoms with Gasteiger partial charge in [0.2, 0.25) is 10.0 Å². The van der Waals surface area contributed by atoms with E-state index in [2.05, 4.69) is 15.0 Å². The number of hydrogen-bond donors (Lipinski definition) is 2. The van der Waals surface area contributed by atoms with Crippen LogP contribution in [0.5, 0.6) is 0 Å². The summed E-state index contributed by atoms with van der Waals surface area (Å²) in [4.78, 5) is 6.56. The van der Waals surface area contributed by atoms with Gasteiger partial charge in [0.1, 0.15) is 17.6 Å². The molecule has 0 aliphatic carbocycles. The fourth-order valence-corrected chi connectivity index (χ4v) is 5.70. The van der Waals surface area contributed by atoms with Crippen molar-refractivity contribution in [1.29, 1.82) is 0 Å². The molecular weight excluding hydrogens is 528 g/mol. The Balaban J connectivity index is 1.59. The minimum atomic E-state index is -3.41. The molecule has 2 N–H and O–H groups in total. The van der Waals surface area contributed by atoms with Gasteiger partial charge in [-0.25, -0.2) is 8.42 Å². The number of benzene rings is 2. The van der Waals surface area contributed by atoms with Gasteiger partial charge >= 0.3 is 0 Å². The molecule has 0 saturated carbocycles. The lowest BCUT2D eigenvalue weighted by atomic mass is 10.0. The van der Waals surface area contributed by atoms with Crippen LogP contribution in [0.2, 0.25) is 5.02 Å². The van der Waals surface area contributed by atoms with Crippen molar-refractivity contribution in [2.75, 3.05) is 15.9 Å². The van der Waals surface area contributed by atoms with Gasteiger partial charge in [-0.15, -0.1) is 0 Å². The molecule has 2 aromatic heterocycles. The SMILES string of the molecule is Cc1cc(N2C(=S)N[C@@H](c3ccccn3)[C@@H]2c2ccc(-c3cc(Cl)ccc3C)o2)ccc1NS(C)(=O)=O. The first-order valence-corrected chi connectivity index (χ1v) is 14.2. The lowest BCUT2D eigenvalue weighted by Crippen LogP contribution is -2.29. The van der Waals surface area contributed by atoms with Gasteiger partial charge in [0.15, 0.2) is 5.11 Å². The molecule has 37 heavy (non-hydrogen) atoms. The van der Waals surface area contributed by atoms with Crippen molar-refractivity contribution in [3.63, 3.8) is 0 Å². The van der Waals surface area contributed by atoms with E-state index in [1.54, 1.807) is 12.3 Å². The number of pyridine rings is 1. The molecule has 3 heterocycles. The third kappa shape index (κ3) is 5.20. The Labute approximate surface area is 226 Å². The van der Waals surface area contributed by atoms with Crippen molar-refractivity contribution in [2.24, 2.45) is 0 Å². The maximum absolute atomic E-state index is 11.8. The zero-order chi connectivity index (χ0) is 26.3. The fourth-order valence-electron chi connectivity index (χ4n) is 4.55. The smallest absolute Gasteiger partial charge is 0.229 e. The van der Waals surface area contributed by atoms with Gasteiger partial charge in [0, 0.05) is 22.5 Å². The van der Waals surface area contributed by atoms with Crippen LogP contribution >= 0.6 is 23.8 Å². The van der Waals surface area contributed by atoms with Crippen LogP contribution in [-0.2, 0) is 10.0 Å². The van der Waals surface area contributed by atoms with Crippen LogP contribution in [0.15, 0.2) is 77.3 Å². The number of aromatic nitrogens is 1. The normalized spacial score (nSPS) is 17.6. The maximum Gasteiger partial charge on any atom is 0.229 e. The fraction of sp³-hybridized carbons (Fsp3) is 0.185. The van der Waals surface area contributed by atoms with Crippen molar-refractivity contribution in [1.82, 2.24) is 10.3 Å². The van der Waals surface area contributed by atoms with Crippen LogP contribution < -0.4 is 14.9 Å². The molecule has 5 rings (SSSR count). The molecule has 2 aromatic carbocycles. The Kier molecular flexibility index (Phi) is 6.70. The molecule has 0 spiro atoms. The van der Waals surface area contributed by atoms with E-state index < -0.39 is 10.0 Å². The summed E-state index contributed by atoms with van der Waals surface area (Å²) in [5, 5.41) is 4.56. The van der Waals surface area contributed by atoms with Gasteiger partial charge in [-0.1, -0.05) is 23.7 Å².